The minimum atomic E-state index is -0.720. The number of methoxy groups -OCH3 is 1. The van der Waals surface area contributed by atoms with Crippen molar-refractivity contribution in [2.24, 2.45) is 11.8 Å². The minimum Gasteiger partial charge on any atom is -0.456 e. The number of likely N-dealkylation sites (tertiary alicyclic amines) is 2. The van der Waals surface area contributed by atoms with E-state index in [0.717, 1.165) is 37.7 Å². The number of hydrogen-bond donors (Lipinski definition) is 3. The standard InChI is InChI=1S/C41H48ClN7O6/c1-6-22(3)16-35(50)48-14-8-10-31(48)38-44-21-30(46-38)25-19-34-27(18-28(25)42)37(51)26-17-24(12-13-33(26)55-34)29-20-43-39(45-29)32-11-9-15-49(32)40(52)36(23(4)7-2)47-41(53)54-5/h12-13,17-23,31-32,36H,6-11,14-16H2,1-5H3,(H,43,45)(H,44,46)(H,47,53). The maximum atomic E-state index is 13.9. The molecule has 0 bridgehead atoms. The number of aromatic nitrogens is 4. The van der Waals surface area contributed by atoms with Gasteiger partial charge in [0.2, 0.25) is 17.2 Å². The molecule has 2 aliphatic rings. The quantitative estimate of drug-likeness (QED) is 0.114. The van der Waals surface area contributed by atoms with E-state index in [1.54, 1.807) is 41.6 Å². The van der Waals surface area contributed by atoms with Gasteiger partial charge in [-0.25, -0.2) is 14.8 Å². The molecule has 5 unspecified atom stereocenters. The number of H-pyrrole nitrogens is 2. The second kappa shape index (κ2) is 15.9. The molecule has 7 rings (SSSR count). The molecule has 2 fully saturated rings. The van der Waals surface area contributed by atoms with Gasteiger partial charge in [0, 0.05) is 30.6 Å². The highest BCUT2D eigenvalue weighted by Crippen LogP contribution is 2.37. The first-order valence-electron chi connectivity index (χ1n) is 19.3. The summed E-state index contributed by atoms with van der Waals surface area (Å²) in [6, 6.07) is 7.65. The Morgan fingerprint density at radius 2 is 1.58 bits per heavy atom. The van der Waals surface area contributed by atoms with Crippen molar-refractivity contribution in [1.29, 1.82) is 0 Å². The van der Waals surface area contributed by atoms with E-state index in [9.17, 15) is 19.2 Å². The summed E-state index contributed by atoms with van der Waals surface area (Å²) in [5, 5.41) is 3.83. The summed E-state index contributed by atoms with van der Waals surface area (Å²) in [6.45, 7) is 9.36. The Morgan fingerprint density at radius 3 is 2.27 bits per heavy atom. The van der Waals surface area contributed by atoms with Crippen LogP contribution in [0.1, 0.15) is 96.4 Å². The number of aromatic amines is 2. The van der Waals surface area contributed by atoms with E-state index in [1.807, 2.05) is 24.8 Å². The number of rotatable bonds is 11. The third-order valence-corrected chi connectivity index (χ3v) is 11.8. The molecule has 14 heteroatoms. The third-order valence-electron chi connectivity index (χ3n) is 11.4. The SMILES string of the molecule is CCC(C)CC(=O)N1CCCC1c1ncc(-c2cc3oc4ccc(-c5cnc(C6CCCN6C(=O)C(NC(=O)OC)C(C)CC)[nH]5)cc4c(=O)c3cc2Cl)[nH]1. The van der Waals surface area contributed by atoms with Crippen molar-refractivity contribution in [2.75, 3.05) is 20.2 Å². The minimum absolute atomic E-state index is 0.0922. The predicted molar refractivity (Wildman–Crippen MR) is 210 cm³/mol. The molecule has 2 aliphatic heterocycles. The van der Waals surface area contributed by atoms with Crippen LogP contribution in [0.5, 0.6) is 0 Å². The molecule has 5 heterocycles. The van der Waals surface area contributed by atoms with Crippen molar-refractivity contribution in [1.82, 2.24) is 35.1 Å². The van der Waals surface area contributed by atoms with Gasteiger partial charge in [-0.15, -0.1) is 0 Å². The van der Waals surface area contributed by atoms with Gasteiger partial charge in [-0.2, -0.15) is 0 Å². The van der Waals surface area contributed by atoms with Gasteiger partial charge in [0.1, 0.15) is 28.9 Å². The van der Waals surface area contributed by atoms with Crippen LogP contribution in [-0.2, 0) is 14.3 Å². The molecule has 0 saturated carbocycles. The number of fused-ring (bicyclic) bond motifs is 2. The number of nitrogens with one attached hydrogen (secondary N) is 3. The summed E-state index contributed by atoms with van der Waals surface area (Å²) in [7, 11) is 1.28. The fourth-order valence-corrected chi connectivity index (χ4v) is 8.08. The number of halogens is 1. The van der Waals surface area contributed by atoms with Crippen LogP contribution in [0.15, 0.2) is 51.9 Å². The molecule has 2 aromatic carbocycles. The van der Waals surface area contributed by atoms with Crippen molar-refractivity contribution in [3.63, 3.8) is 0 Å². The molecule has 2 saturated heterocycles. The van der Waals surface area contributed by atoms with Crippen molar-refractivity contribution < 1.29 is 23.5 Å². The molecule has 290 valence electrons. The van der Waals surface area contributed by atoms with Gasteiger partial charge < -0.3 is 34.2 Å². The Labute approximate surface area is 324 Å². The van der Waals surface area contributed by atoms with Crippen molar-refractivity contribution in [2.45, 2.75) is 90.8 Å². The summed E-state index contributed by atoms with van der Waals surface area (Å²) in [5.41, 5.74) is 3.32. The number of benzene rings is 2. The first-order valence-corrected chi connectivity index (χ1v) is 19.6. The normalized spacial score (nSPS) is 18.9. The lowest BCUT2D eigenvalue weighted by atomic mass is 9.97. The van der Waals surface area contributed by atoms with Crippen LogP contribution in [0.3, 0.4) is 0 Å². The number of nitrogens with zero attached hydrogens (tertiary/aromatic N) is 4. The highest BCUT2D eigenvalue weighted by Gasteiger charge is 2.38. The lowest BCUT2D eigenvalue weighted by Crippen LogP contribution is -2.51. The van der Waals surface area contributed by atoms with Crippen molar-refractivity contribution in [3.8, 4) is 22.5 Å². The van der Waals surface area contributed by atoms with Crippen LogP contribution in [0, 0.1) is 11.8 Å². The molecule has 5 aromatic rings. The molecule has 0 aliphatic carbocycles. The highest BCUT2D eigenvalue weighted by atomic mass is 35.5. The molecule has 0 radical (unpaired) electrons. The fraction of sp³-hybridized carbons (Fsp3) is 0.463. The highest BCUT2D eigenvalue weighted by molar-refractivity contribution is 6.34. The van der Waals surface area contributed by atoms with Crippen LogP contribution < -0.4 is 10.7 Å². The Bertz CT molecular complexity index is 2300. The van der Waals surface area contributed by atoms with Gasteiger partial charge in [0.25, 0.3) is 0 Å². The molecule has 3 amide bonds. The molecule has 3 aromatic heterocycles. The first kappa shape index (κ1) is 38.1. The molecule has 13 nitrogen and oxygen atoms in total. The number of hydrogen-bond acceptors (Lipinski definition) is 8. The Morgan fingerprint density at radius 1 is 0.927 bits per heavy atom. The number of alkyl carbamates (subject to hydrolysis) is 1. The zero-order chi connectivity index (χ0) is 39.0. The largest absolute Gasteiger partial charge is 0.456 e. The zero-order valence-corrected chi connectivity index (χ0v) is 32.7. The van der Waals surface area contributed by atoms with E-state index < -0.39 is 12.1 Å². The number of amides is 3. The summed E-state index contributed by atoms with van der Waals surface area (Å²) in [5.74, 6) is 1.56. The average molecular weight is 770 g/mol. The second-order valence-corrected chi connectivity index (χ2v) is 15.4. The zero-order valence-electron chi connectivity index (χ0n) is 31.9. The summed E-state index contributed by atoms with van der Waals surface area (Å²) >= 11 is 6.82. The van der Waals surface area contributed by atoms with Crippen LogP contribution in [-0.4, -0.2) is 73.9 Å². The van der Waals surface area contributed by atoms with E-state index in [1.165, 1.54) is 7.11 Å². The van der Waals surface area contributed by atoms with Gasteiger partial charge in [0.15, 0.2) is 0 Å². The van der Waals surface area contributed by atoms with Crippen molar-refractivity contribution >= 4 is 51.4 Å². The van der Waals surface area contributed by atoms with Crippen LogP contribution in [0.4, 0.5) is 4.79 Å². The average Bonchev–Trinajstić information content (AvgIpc) is 4.03. The maximum absolute atomic E-state index is 13.9. The lowest BCUT2D eigenvalue weighted by molar-refractivity contribution is -0.136. The van der Waals surface area contributed by atoms with Gasteiger partial charge >= 0.3 is 6.09 Å². The summed E-state index contributed by atoms with van der Waals surface area (Å²) < 4.78 is 11.1. The summed E-state index contributed by atoms with van der Waals surface area (Å²) in [4.78, 5) is 72.6. The Balaban J connectivity index is 1.13. The molecule has 0 spiro atoms. The molecule has 5 atom stereocenters. The van der Waals surface area contributed by atoms with E-state index in [-0.39, 0.29) is 35.2 Å². The van der Waals surface area contributed by atoms with E-state index in [2.05, 4.69) is 39.1 Å². The number of carbonyl (C=O) groups excluding carboxylic acids is 3. The van der Waals surface area contributed by atoms with Gasteiger partial charge in [0.05, 0.1) is 58.8 Å². The molecular weight excluding hydrogens is 722 g/mol. The number of ether oxygens (including phenoxy) is 1. The Kier molecular flexibility index (Phi) is 11.0. The second-order valence-electron chi connectivity index (χ2n) is 15.0. The van der Waals surface area contributed by atoms with E-state index >= 15 is 0 Å². The van der Waals surface area contributed by atoms with Crippen LogP contribution in [0.2, 0.25) is 5.02 Å². The van der Waals surface area contributed by atoms with E-state index in [0.29, 0.717) is 87.4 Å². The van der Waals surface area contributed by atoms with Gasteiger partial charge in [-0.1, -0.05) is 52.1 Å². The first-order chi connectivity index (χ1) is 26.5. The maximum Gasteiger partial charge on any atom is 0.407 e. The number of carbonyl (C=O) groups is 3. The third kappa shape index (κ3) is 7.46. The lowest BCUT2D eigenvalue weighted by Gasteiger charge is -2.30. The Hall–Kier alpha value is -5.17. The fourth-order valence-electron chi connectivity index (χ4n) is 7.82. The van der Waals surface area contributed by atoms with Crippen LogP contribution in [0.25, 0.3) is 44.5 Å². The van der Waals surface area contributed by atoms with E-state index in [4.69, 9.17) is 20.8 Å². The molecular formula is C41H48ClN7O6. The summed E-state index contributed by atoms with van der Waals surface area (Å²) in [6.07, 6.45) is 8.22. The van der Waals surface area contributed by atoms with Gasteiger partial charge in [-0.3, -0.25) is 14.4 Å². The van der Waals surface area contributed by atoms with Crippen molar-refractivity contribution in [3.05, 3.63) is 69.6 Å². The number of imidazole rings is 2. The van der Waals surface area contributed by atoms with Crippen LogP contribution >= 0.6 is 11.6 Å². The smallest absolute Gasteiger partial charge is 0.407 e. The molecule has 55 heavy (non-hydrogen) atoms. The monoisotopic (exact) mass is 769 g/mol. The molecule has 3 N–H and O–H groups in total. The predicted octanol–water partition coefficient (Wildman–Crippen LogP) is 7.91. The van der Waals surface area contributed by atoms with Gasteiger partial charge in [-0.05, 0) is 67.9 Å². The topological polar surface area (TPSA) is 167 Å².